The summed E-state index contributed by atoms with van der Waals surface area (Å²) >= 11 is 11.1. The highest BCUT2D eigenvalue weighted by atomic mass is 35.5. The quantitative estimate of drug-likeness (QED) is 0.718. The Morgan fingerprint density at radius 3 is 2.40 bits per heavy atom. The van der Waals surface area contributed by atoms with Crippen LogP contribution in [0.1, 0.15) is 18.1 Å². The molecule has 5 heteroatoms. The van der Waals surface area contributed by atoms with Crippen molar-refractivity contribution in [1.29, 1.82) is 0 Å². The summed E-state index contributed by atoms with van der Waals surface area (Å²) in [5.41, 5.74) is 0.373. The molecular weight excluding hydrogens is 239 g/mol. The van der Waals surface area contributed by atoms with Crippen molar-refractivity contribution in [3.8, 4) is 5.75 Å². The Labute approximate surface area is 97.9 Å². The Morgan fingerprint density at radius 1 is 1.20 bits per heavy atom. The molecule has 0 aliphatic rings. The Balaban J connectivity index is 2.85. The first-order chi connectivity index (χ1) is 7.04. The van der Waals surface area contributed by atoms with Gasteiger partial charge in [0.25, 0.3) is 0 Å². The van der Waals surface area contributed by atoms with Gasteiger partial charge in [-0.1, -0.05) is 11.6 Å². The third-order valence-electron chi connectivity index (χ3n) is 2.02. The lowest BCUT2D eigenvalue weighted by atomic mass is 10.0. The first-order valence-electron chi connectivity index (χ1n) is 4.46. The van der Waals surface area contributed by atoms with Gasteiger partial charge in [-0.05, 0) is 30.2 Å². The third-order valence-corrected chi connectivity index (χ3v) is 2.45. The molecule has 0 saturated heterocycles. The highest BCUT2D eigenvalue weighted by Crippen LogP contribution is 2.26. The van der Waals surface area contributed by atoms with Gasteiger partial charge in [-0.3, -0.25) is 0 Å². The standard InChI is InChI=1S/C10H12Cl2O3/c11-2-1-9(14)10(15)6-3-7(12)5-8(13)4-6/h3-5,9-10,13-15H,1-2H2. The van der Waals surface area contributed by atoms with Crippen LogP contribution in [0.15, 0.2) is 18.2 Å². The molecule has 15 heavy (non-hydrogen) atoms. The Hall–Kier alpha value is -0.480. The molecule has 0 amide bonds. The van der Waals surface area contributed by atoms with Crippen molar-refractivity contribution in [2.75, 3.05) is 5.88 Å². The largest absolute Gasteiger partial charge is 0.508 e. The van der Waals surface area contributed by atoms with E-state index in [1.165, 1.54) is 18.2 Å². The molecule has 0 radical (unpaired) electrons. The van der Waals surface area contributed by atoms with Gasteiger partial charge in [0.15, 0.2) is 0 Å². The van der Waals surface area contributed by atoms with Crippen LogP contribution >= 0.6 is 23.2 Å². The lowest BCUT2D eigenvalue weighted by Crippen LogP contribution is -2.18. The van der Waals surface area contributed by atoms with Gasteiger partial charge in [0.2, 0.25) is 0 Å². The van der Waals surface area contributed by atoms with Gasteiger partial charge in [0.05, 0.1) is 6.10 Å². The number of halogens is 2. The molecule has 0 aliphatic heterocycles. The molecule has 0 aliphatic carbocycles. The predicted molar refractivity (Wildman–Crippen MR) is 59.4 cm³/mol. The predicted octanol–water partition coefficient (Wildman–Crippen LogP) is 2.07. The topological polar surface area (TPSA) is 60.7 Å². The van der Waals surface area contributed by atoms with Crippen LogP contribution in [0, 0.1) is 0 Å². The van der Waals surface area contributed by atoms with Crippen molar-refractivity contribution in [1.82, 2.24) is 0 Å². The number of phenolic OH excluding ortho intramolecular Hbond substituents is 1. The first-order valence-corrected chi connectivity index (χ1v) is 5.37. The minimum Gasteiger partial charge on any atom is -0.508 e. The fourth-order valence-electron chi connectivity index (χ4n) is 1.26. The summed E-state index contributed by atoms with van der Waals surface area (Å²) in [7, 11) is 0. The van der Waals surface area contributed by atoms with E-state index in [1.807, 2.05) is 0 Å². The molecule has 1 rings (SSSR count). The SMILES string of the molecule is Oc1cc(Cl)cc(C(O)C(O)CCCl)c1. The second-order valence-electron chi connectivity index (χ2n) is 3.23. The smallest absolute Gasteiger partial charge is 0.117 e. The maximum absolute atomic E-state index is 9.69. The van der Waals surface area contributed by atoms with Crippen molar-refractivity contribution in [3.63, 3.8) is 0 Å². The van der Waals surface area contributed by atoms with Crippen LogP contribution < -0.4 is 0 Å². The van der Waals surface area contributed by atoms with E-state index < -0.39 is 12.2 Å². The molecule has 2 unspecified atom stereocenters. The van der Waals surface area contributed by atoms with Crippen molar-refractivity contribution < 1.29 is 15.3 Å². The molecule has 0 fully saturated rings. The van der Waals surface area contributed by atoms with Gasteiger partial charge < -0.3 is 15.3 Å². The van der Waals surface area contributed by atoms with Gasteiger partial charge in [0, 0.05) is 10.9 Å². The molecule has 0 heterocycles. The van der Waals surface area contributed by atoms with Gasteiger partial charge >= 0.3 is 0 Å². The lowest BCUT2D eigenvalue weighted by Gasteiger charge is -2.17. The van der Waals surface area contributed by atoms with Crippen LogP contribution in [0.3, 0.4) is 0 Å². The highest BCUT2D eigenvalue weighted by molar-refractivity contribution is 6.30. The Bertz CT molecular complexity index is 310. The number of rotatable bonds is 4. The number of phenols is 1. The fourth-order valence-corrected chi connectivity index (χ4v) is 1.72. The molecule has 0 aromatic heterocycles. The summed E-state index contributed by atoms with van der Waals surface area (Å²) in [5, 5.41) is 28.7. The van der Waals surface area contributed by atoms with E-state index >= 15 is 0 Å². The second-order valence-corrected chi connectivity index (χ2v) is 4.05. The minimum absolute atomic E-state index is 0.0466. The summed E-state index contributed by atoms with van der Waals surface area (Å²) in [6.07, 6.45) is -1.77. The van der Waals surface area contributed by atoms with Crippen molar-refractivity contribution in [2.45, 2.75) is 18.6 Å². The van der Waals surface area contributed by atoms with Gasteiger partial charge in [-0.25, -0.2) is 0 Å². The van der Waals surface area contributed by atoms with Crippen LogP contribution in [-0.4, -0.2) is 27.3 Å². The molecule has 0 saturated carbocycles. The summed E-state index contributed by atoms with van der Waals surface area (Å²) < 4.78 is 0. The van der Waals surface area contributed by atoms with E-state index in [4.69, 9.17) is 23.2 Å². The number of alkyl halides is 1. The lowest BCUT2D eigenvalue weighted by molar-refractivity contribution is 0.0169. The minimum atomic E-state index is -1.09. The number of aliphatic hydroxyl groups is 2. The zero-order valence-corrected chi connectivity index (χ0v) is 9.41. The molecule has 3 N–H and O–H groups in total. The van der Waals surface area contributed by atoms with Gasteiger partial charge in [-0.15, -0.1) is 11.6 Å². The zero-order chi connectivity index (χ0) is 11.4. The third kappa shape index (κ3) is 3.54. The van der Waals surface area contributed by atoms with E-state index in [2.05, 4.69) is 0 Å². The van der Waals surface area contributed by atoms with E-state index in [1.54, 1.807) is 0 Å². The Morgan fingerprint density at radius 2 is 1.87 bits per heavy atom. The van der Waals surface area contributed by atoms with Crippen molar-refractivity contribution in [3.05, 3.63) is 28.8 Å². The summed E-state index contributed by atoms with van der Waals surface area (Å²) in [5.74, 6) is 0.208. The molecular formula is C10H12Cl2O3. The monoisotopic (exact) mass is 250 g/mol. The van der Waals surface area contributed by atoms with Crippen LogP contribution in [0.5, 0.6) is 5.75 Å². The van der Waals surface area contributed by atoms with Crippen LogP contribution in [0.2, 0.25) is 5.02 Å². The molecule has 0 bridgehead atoms. The molecule has 1 aromatic carbocycles. The average molecular weight is 251 g/mol. The normalized spacial score (nSPS) is 14.9. The van der Waals surface area contributed by atoms with Gasteiger partial charge in [0.1, 0.15) is 11.9 Å². The van der Waals surface area contributed by atoms with E-state index in [0.29, 0.717) is 10.6 Å². The number of aromatic hydroxyl groups is 1. The van der Waals surface area contributed by atoms with Crippen LogP contribution in [-0.2, 0) is 0 Å². The molecule has 84 valence electrons. The van der Waals surface area contributed by atoms with Crippen LogP contribution in [0.25, 0.3) is 0 Å². The fraction of sp³-hybridized carbons (Fsp3) is 0.400. The maximum atomic E-state index is 9.69. The number of aliphatic hydroxyl groups excluding tert-OH is 2. The number of hydrogen-bond donors (Lipinski definition) is 3. The van der Waals surface area contributed by atoms with Crippen LogP contribution in [0.4, 0.5) is 0 Å². The first kappa shape index (κ1) is 12.6. The van der Waals surface area contributed by atoms with E-state index in [9.17, 15) is 15.3 Å². The van der Waals surface area contributed by atoms with Crippen molar-refractivity contribution >= 4 is 23.2 Å². The molecule has 2 atom stereocenters. The van der Waals surface area contributed by atoms with E-state index in [-0.39, 0.29) is 18.1 Å². The van der Waals surface area contributed by atoms with Crippen molar-refractivity contribution in [2.24, 2.45) is 0 Å². The highest BCUT2D eigenvalue weighted by Gasteiger charge is 2.18. The molecule has 3 nitrogen and oxygen atoms in total. The average Bonchev–Trinajstić information content (AvgIpc) is 2.15. The Kier molecular flexibility index (Phi) is 4.67. The summed E-state index contributed by atoms with van der Waals surface area (Å²) in [6.45, 7) is 0. The van der Waals surface area contributed by atoms with Gasteiger partial charge in [-0.2, -0.15) is 0 Å². The molecule has 0 spiro atoms. The summed E-state index contributed by atoms with van der Waals surface area (Å²) in [4.78, 5) is 0. The second kappa shape index (κ2) is 5.56. The zero-order valence-electron chi connectivity index (χ0n) is 7.90. The van der Waals surface area contributed by atoms with E-state index in [0.717, 1.165) is 0 Å². The number of benzene rings is 1. The maximum Gasteiger partial charge on any atom is 0.117 e. The molecule has 1 aromatic rings. The number of hydrogen-bond acceptors (Lipinski definition) is 3. The summed E-state index contributed by atoms with van der Waals surface area (Å²) in [6, 6.07) is 4.20.